The van der Waals surface area contributed by atoms with Crippen molar-refractivity contribution in [2.75, 3.05) is 30.8 Å². The molecule has 0 unspecified atom stereocenters. The molecule has 0 radical (unpaired) electrons. The van der Waals surface area contributed by atoms with E-state index in [1.165, 1.54) is 12.1 Å². The Hall–Kier alpha value is -1.26. The lowest BCUT2D eigenvalue weighted by Gasteiger charge is -2.10. The van der Waals surface area contributed by atoms with Crippen molar-refractivity contribution in [1.82, 2.24) is 0 Å². The number of nitrogen functional groups attached to an aromatic ring is 1. The third-order valence-corrected chi connectivity index (χ3v) is 2.29. The summed E-state index contributed by atoms with van der Waals surface area (Å²) in [4.78, 5) is 0. The van der Waals surface area contributed by atoms with Crippen LogP contribution in [-0.4, -0.2) is 19.8 Å². The van der Waals surface area contributed by atoms with Crippen molar-refractivity contribution in [2.45, 2.75) is 6.92 Å². The van der Waals surface area contributed by atoms with Gasteiger partial charge in [-0.05, 0) is 13.0 Å². The van der Waals surface area contributed by atoms with Crippen molar-refractivity contribution in [1.29, 1.82) is 0 Å². The molecule has 0 aromatic heterocycles. The second-order valence-electron chi connectivity index (χ2n) is 3.79. The van der Waals surface area contributed by atoms with Crippen LogP contribution < -0.4 is 11.1 Å². The number of halogens is 2. The second kappa shape index (κ2) is 6.47. The largest absolute Gasteiger partial charge is 0.397 e. The number of anilines is 2. The maximum Gasteiger partial charge on any atom is 0.143 e. The Kier molecular flexibility index (Phi) is 5.25. The van der Waals surface area contributed by atoms with Gasteiger partial charge in [-0.25, -0.2) is 4.39 Å². The third-order valence-electron chi connectivity index (χ3n) is 2.00. The molecule has 0 spiro atoms. The molecular weight excluding hydrogens is 243 g/mol. The number of benzene rings is 1. The number of nitrogens with two attached hydrogens (primary N) is 1. The number of hydrogen-bond donors (Lipinski definition) is 2. The second-order valence-corrected chi connectivity index (χ2v) is 4.20. The highest BCUT2D eigenvalue weighted by atomic mass is 35.5. The summed E-state index contributed by atoms with van der Waals surface area (Å²) >= 11 is 5.59. The summed E-state index contributed by atoms with van der Waals surface area (Å²) in [7, 11) is 0. The number of hydrogen-bond acceptors (Lipinski definition) is 3. The van der Waals surface area contributed by atoms with Crippen molar-refractivity contribution in [3.63, 3.8) is 0 Å². The average molecular weight is 259 g/mol. The number of nitrogens with one attached hydrogen (secondary N) is 1. The smallest absolute Gasteiger partial charge is 0.143 e. The molecule has 0 atom stereocenters. The zero-order valence-corrected chi connectivity index (χ0v) is 10.5. The van der Waals surface area contributed by atoms with E-state index in [0.717, 1.165) is 5.57 Å². The maximum atomic E-state index is 13.2. The molecule has 5 heteroatoms. The van der Waals surface area contributed by atoms with Crippen LogP contribution in [0.5, 0.6) is 0 Å². The standard InChI is InChI=1S/C12H16ClFN2O/c1-8(2)7-17-4-3-16-12-6-10(14)9(13)5-11(12)15/h5-6,16H,1,3-4,7,15H2,2H3. The van der Waals surface area contributed by atoms with Gasteiger partial charge in [0.05, 0.1) is 29.6 Å². The van der Waals surface area contributed by atoms with Crippen molar-refractivity contribution in [3.8, 4) is 0 Å². The fraction of sp³-hybridized carbons (Fsp3) is 0.333. The van der Waals surface area contributed by atoms with E-state index in [1.807, 2.05) is 6.92 Å². The van der Waals surface area contributed by atoms with E-state index in [0.29, 0.717) is 31.1 Å². The molecule has 17 heavy (non-hydrogen) atoms. The first-order valence-electron chi connectivity index (χ1n) is 5.21. The fourth-order valence-corrected chi connectivity index (χ4v) is 1.39. The van der Waals surface area contributed by atoms with Crippen LogP contribution in [0.2, 0.25) is 5.02 Å². The van der Waals surface area contributed by atoms with Crippen LogP contribution >= 0.6 is 11.6 Å². The molecule has 0 bridgehead atoms. The Morgan fingerprint density at radius 1 is 1.59 bits per heavy atom. The van der Waals surface area contributed by atoms with E-state index in [9.17, 15) is 4.39 Å². The normalized spacial score (nSPS) is 10.3. The highest BCUT2D eigenvalue weighted by Crippen LogP contribution is 2.25. The highest BCUT2D eigenvalue weighted by Gasteiger charge is 2.05. The van der Waals surface area contributed by atoms with Gasteiger partial charge >= 0.3 is 0 Å². The van der Waals surface area contributed by atoms with E-state index < -0.39 is 5.82 Å². The van der Waals surface area contributed by atoms with Crippen LogP contribution in [0.15, 0.2) is 24.3 Å². The molecule has 0 saturated carbocycles. The van der Waals surface area contributed by atoms with Gasteiger partial charge in [0.2, 0.25) is 0 Å². The molecule has 94 valence electrons. The van der Waals surface area contributed by atoms with E-state index in [4.69, 9.17) is 22.1 Å². The van der Waals surface area contributed by atoms with Crippen LogP contribution in [-0.2, 0) is 4.74 Å². The Morgan fingerprint density at radius 3 is 2.94 bits per heavy atom. The Labute approximate surface area is 105 Å². The van der Waals surface area contributed by atoms with Crippen molar-refractivity contribution in [2.24, 2.45) is 0 Å². The van der Waals surface area contributed by atoms with Crippen molar-refractivity contribution in [3.05, 3.63) is 35.1 Å². The SMILES string of the molecule is C=C(C)COCCNc1cc(F)c(Cl)cc1N. The molecule has 0 fully saturated rings. The van der Waals surface area contributed by atoms with E-state index >= 15 is 0 Å². The first-order valence-corrected chi connectivity index (χ1v) is 5.59. The zero-order valence-electron chi connectivity index (χ0n) is 9.72. The van der Waals surface area contributed by atoms with Gasteiger partial charge in [0, 0.05) is 12.6 Å². The minimum absolute atomic E-state index is 0.0200. The Bertz CT molecular complexity index is 410. The predicted octanol–water partition coefficient (Wildman–Crippen LogP) is 3.07. The summed E-state index contributed by atoms with van der Waals surface area (Å²) in [5.41, 5.74) is 7.58. The van der Waals surface area contributed by atoms with Crippen LogP contribution in [0.25, 0.3) is 0 Å². The van der Waals surface area contributed by atoms with Gasteiger partial charge < -0.3 is 15.8 Å². The lowest BCUT2D eigenvalue weighted by molar-refractivity contribution is 0.167. The monoisotopic (exact) mass is 258 g/mol. The minimum Gasteiger partial charge on any atom is -0.397 e. The van der Waals surface area contributed by atoms with Gasteiger partial charge in [-0.2, -0.15) is 0 Å². The van der Waals surface area contributed by atoms with E-state index in [1.54, 1.807) is 0 Å². The van der Waals surface area contributed by atoms with Gasteiger partial charge in [0.15, 0.2) is 0 Å². The van der Waals surface area contributed by atoms with E-state index in [2.05, 4.69) is 11.9 Å². The summed E-state index contributed by atoms with van der Waals surface area (Å²) in [6.07, 6.45) is 0. The molecule has 0 aliphatic heterocycles. The van der Waals surface area contributed by atoms with Crippen LogP contribution in [0, 0.1) is 5.82 Å². The van der Waals surface area contributed by atoms with Crippen LogP contribution in [0.1, 0.15) is 6.92 Å². The predicted molar refractivity (Wildman–Crippen MR) is 69.9 cm³/mol. The van der Waals surface area contributed by atoms with Gasteiger partial charge in [0.1, 0.15) is 5.82 Å². The Balaban J connectivity index is 2.41. The lowest BCUT2D eigenvalue weighted by atomic mass is 10.2. The van der Waals surface area contributed by atoms with Crippen LogP contribution in [0.4, 0.5) is 15.8 Å². The van der Waals surface area contributed by atoms with Gasteiger partial charge in [0.25, 0.3) is 0 Å². The third kappa shape index (κ3) is 4.63. The minimum atomic E-state index is -0.494. The summed E-state index contributed by atoms with van der Waals surface area (Å²) in [5, 5.41) is 3.00. The topological polar surface area (TPSA) is 47.3 Å². The van der Waals surface area contributed by atoms with Crippen molar-refractivity contribution >= 4 is 23.0 Å². The molecule has 0 aliphatic rings. The van der Waals surface area contributed by atoms with E-state index in [-0.39, 0.29) is 5.02 Å². The first kappa shape index (κ1) is 13.8. The van der Waals surface area contributed by atoms with Gasteiger partial charge in [-0.1, -0.05) is 23.8 Å². The van der Waals surface area contributed by atoms with Crippen molar-refractivity contribution < 1.29 is 9.13 Å². The molecular formula is C12H16ClFN2O. The molecule has 1 rings (SSSR count). The first-order chi connectivity index (χ1) is 8.00. The Morgan fingerprint density at radius 2 is 2.29 bits per heavy atom. The molecule has 1 aromatic carbocycles. The molecule has 0 aliphatic carbocycles. The maximum absolute atomic E-state index is 13.2. The van der Waals surface area contributed by atoms with Gasteiger partial charge in [-0.3, -0.25) is 0 Å². The average Bonchev–Trinajstić information content (AvgIpc) is 2.24. The summed E-state index contributed by atoms with van der Waals surface area (Å²) in [6.45, 7) is 7.16. The summed E-state index contributed by atoms with van der Waals surface area (Å²) < 4.78 is 18.5. The molecule has 0 amide bonds. The summed E-state index contributed by atoms with van der Waals surface area (Å²) in [6, 6.07) is 2.66. The highest BCUT2D eigenvalue weighted by molar-refractivity contribution is 6.31. The fourth-order valence-electron chi connectivity index (χ4n) is 1.22. The number of rotatable bonds is 6. The molecule has 0 saturated heterocycles. The summed E-state index contributed by atoms with van der Waals surface area (Å²) in [5.74, 6) is -0.494. The molecule has 1 aromatic rings. The zero-order chi connectivity index (χ0) is 12.8. The molecule has 3 N–H and O–H groups in total. The molecule has 0 heterocycles. The van der Waals surface area contributed by atoms with Crippen LogP contribution in [0.3, 0.4) is 0 Å². The quantitative estimate of drug-likeness (QED) is 0.468. The lowest BCUT2D eigenvalue weighted by Crippen LogP contribution is -2.11. The van der Waals surface area contributed by atoms with Gasteiger partial charge in [-0.15, -0.1) is 0 Å². The number of ether oxygens (including phenoxy) is 1. The molecule has 3 nitrogen and oxygen atoms in total.